The maximum Gasteiger partial charge on any atom is 0.167 e. The number of aromatic nitrogens is 4. The summed E-state index contributed by atoms with van der Waals surface area (Å²) in [4.78, 5) is 12.1. The van der Waals surface area contributed by atoms with E-state index in [0.29, 0.717) is 23.4 Å². The molecule has 0 aliphatic carbocycles. The van der Waals surface area contributed by atoms with Crippen LogP contribution in [0.1, 0.15) is 12.6 Å². The van der Waals surface area contributed by atoms with E-state index in [1.54, 1.807) is 10.9 Å². The minimum absolute atomic E-state index is 0.221. The second-order valence-electron chi connectivity index (χ2n) is 4.20. The molecule has 3 rings (SSSR count). The Kier molecular flexibility index (Phi) is 2.62. The van der Waals surface area contributed by atoms with Crippen LogP contribution >= 0.6 is 0 Å². The summed E-state index contributed by atoms with van der Waals surface area (Å²) in [5.41, 5.74) is 6.75. The third-order valence-electron chi connectivity index (χ3n) is 3.08. The minimum atomic E-state index is -0.698. The van der Waals surface area contributed by atoms with E-state index in [2.05, 4.69) is 15.0 Å². The zero-order chi connectivity index (χ0) is 12.7. The molecule has 4 N–H and O–H groups in total. The molecule has 0 aromatic carbocycles. The van der Waals surface area contributed by atoms with Crippen molar-refractivity contribution in [2.75, 3.05) is 12.3 Å². The van der Waals surface area contributed by atoms with Gasteiger partial charge in [-0.1, -0.05) is 0 Å². The van der Waals surface area contributed by atoms with Crippen molar-refractivity contribution in [2.45, 2.75) is 24.9 Å². The molecule has 0 saturated carbocycles. The molecule has 3 atom stereocenters. The summed E-state index contributed by atoms with van der Waals surface area (Å²) in [5.74, 6) is 0.302. The number of hydrogen-bond donors (Lipinski definition) is 3. The molecule has 2 aromatic heterocycles. The number of anilines is 1. The van der Waals surface area contributed by atoms with Crippen molar-refractivity contribution < 1.29 is 14.9 Å². The zero-order valence-electron chi connectivity index (χ0n) is 9.47. The first-order chi connectivity index (χ1) is 8.70. The highest BCUT2D eigenvalue weighted by molar-refractivity contribution is 5.81. The molecule has 8 nitrogen and oxygen atoms in total. The maximum atomic E-state index is 9.71. The number of fused-ring (bicyclic) bond motifs is 1. The van der Waals surface area contributed by atoms with Crippen molar-refractivity contribution in [2.24, 2.45) is 0 Å². The van der Waals surface area contributed by atoms with Gasteiger partial charge in [0, 0.05) is 6.42 Å². The molecule has 1 aliphatic heterocycles. The van der Waals surface area contributed by atoms with E-state index in [-0.39, 0.29) is 6.61 Å². The number of ether oxygens (including phenoxy) is 1. The molecule has 96 valence electrons. The van der Waals surface area contributed by atoms with Crippen molar-refractivity contribution in [3.8, 4) is 0 Å². The summed E-state index contributed by atoms with van der Waals surface area (Å²) in [7, 11) is 0. The van der Waals surface area contributed by atoms with Gasteiger partial charge in [-0.05, 0) is 0 Å². The number of rotatable bonds is 2. The molecule has 0 bridgehead atoms. The van der Waals surface area contributed by atoms with E-state index in [1.165, 1.54) is 6.33 Å². The van der Waals surface area contributed by atoms with Crippen LogP contribution in [0.4, 0.5) is 5.82 Å². The lowest BCUT2D eigenvalue weighted by molar-refractivity contribution is -0.0432. The number of nitrogen functional groups attached to an aromatic ring is 1. The average Bonchev–Trinajstić information content (AvgIpc) is 2.93. The third-order valence-corrected chi connectivity index (χ3v) is 3.08. The number of hydrogen-bond acceptors (Lipinski definition) is 7. The van der Waals surface area contributed by atoms with E-state index < -0.39 is 18.4 Å². The highest BCUT2D eigenvalue weighted by atomic mass is 16.5. The Labute approximate surface area is 102 Å². The second-order valence-corrected chi connectivity index (χ2v) is 4.20. The van der Waals surface area contributed by atoms with Crippen LogP contribution in [-0.2, 0) is 4.74 Å². The Morgan fingerprint density at radius 1 is 1.56 bits per heavy atom. The largest absolute Gasteiger partial charge is 0.394 e. The fraction of sp³-hybridized carbons (Fsp3) is 0.500. The first-order valence-corrected chi connectivity index (χ1v) is 5.58. The van der Waals surface area contributed by atoms with E-state index in [9.17, 15) is 5.11 Å². The van der Waals surface area contributed by atoms with Crippen molar-refractivity contribution in [3.05, 3.63) is 12.7 Å². The van der Waals surface area contributed by atoms with Crippen molar-refractivity contribution in [1.82, 2.24) is 19.5 Å². The van der Waals surface area contributed by atoms with Gasteiger partial charge in [0.25, 0.3) is 0 Å². The topological polar surface area (TPSA) is 119 Å². The number of aliphatic hydroxyl groups excluding tert-OH is 2. The molecule has 0 spiro atoms. The Hall–Kier alpha value is -1.77. The summed E-state index contributed by atoms with van der Waals surface area (Å²) in [6.45, 7) is -0.221. The normalized spacial score (nSPS) is 28.0. The second kappa shape index (κ2) is 4.16. The average molecular weight is 253 g/mol. The van der Waals surface area contributed by atoms with Gasteiger partial charge in [0.1, 0.15) is 24.2 Å². The molecule has 0 unspecified atom stereocenters. The standard InChI is InChI=1S/C10H13N5O3/c11-9-8-10(13-3-12-9)15(4-14-8)7-1-5(17)6(2-16)18-7/h3-7,16-17H,1-2H2,(H2,11,12,13)/t5-,6+,7+/m0/s1/i4+2. The van der Waals surface area contributed by atoms with Gasteiger partial charge in [0.2, 0.25) is 0 Å². The van der Waals surface area contributed by atoms with Crippen LogP contribution in [0.3, 0.4) is 0 Å². The van der Waals surface area contributed by atoms with Gasteiger partial charge in [-0.15, -0.1) is 0 Å². The quantitative estimate of drug-likeness (QED) is 0.631. The van der Waals surface area contributed by atoms with Crippen molar-refractivity contribution in [3.63, 3.8) is 0 Å². The molecule has 1 saturated heterocycles. The van der Waals surface area contributed by atoms with E-state index in [4.69, 9.17) is 15.6 Å². The van der Waals surface area contributed by atoms with Crippen molar-refractivity contribution in [1.29, 1.82) is 0 Å². The Morgan fingerprint density at radius 3 is 3.11 bits per heavy atom. The molecule has 3 heterocycles. The molecular formula is C10H13N5O3. The van der Waals surface area contributed by atoms with Crippen LogP contribution in [0, 0.1) is 0 Å². The zero-order valence-corrected chi connectivity index (χ0v) is 9.47. The Balaban J connectivity index is 1.99. The van der Waals surface area contributed by atoms with Gasteiger partial charge in [-0.2, -0.15) is 0 Å². The molecule has 1 aliphatic rings. The SMILES string of the molecule is Nc1ncnc2c1n[14cH]n2[C@H]1C[C@H](O)[C@@H](CO)O1. The smallest absolute Gasteiger partial charge is 0.167 e. The fourth-order valence-electron chi connectivity index (χ4n) is 2.13. The van der Waals surface area contributed by atoms with E-state index in [1.807, 2.05) is 0 Å². The molecule has 8 heteroatoms. The predicted molar refractivity (Wildman–Crippen MR) is 61.4 cm³/mol. The summed E-state index contributed by atoms with van der Waals surface area (Å²) in [6.07, 6.45) is 1.60. The van der Waals surface area contributed by atoms with Crippen LogP contribution in [0.2, 0.25) is 0 Å². The number of imidazole rings is 1. The van der Waals surface area contributed by atoms with Crippen LogP contribution in [0.15, 0.2) is 12.7 Å². The highest BCUT2D eigenvalue weighted by Gasteiger charge is 2.35. The van der Waals surface area contributed by atoms with Crippen LogP contribution in [-0.4, -0.2) is 48.5 Å². The molecule has 18 heavy (non-hydrogen) atoms. The summed E-state index contributed by atoms with van der Waals surface area (Å²) in [5, 5.41) is 18.8. The third kappa shape index (κ3) is 1.62. The summed E-state index contributed by atoms with van der Waals surface area (Å²) >= 11 is 0. The molecule has 1 fully saturated rings. The van der Waals surface area contributed by atoms with Crippen molar-refractivity contribution >= 4 is 17.0 Å². The lowest BCUT2D eigenvalue weighted by atomic mass is 10.2. The molecule has 0 amide bonds. The maximum absolute atomic E-state index is 9.71. The van der Waals surface area contributed by atoms with Gasteiger partial charge < -0.3 is 20.7 Å². The number of nitrogens with two attached hydrogens (primary N) is 1. The first-order valence-electron chi connectivity index (χ1n) is 5.58. The number of nitrogens with zero attached hydrogens (tertiary/aromatic N) is 4. The highest BCUT2D eigenvalue weighted by Crippen LogP contribution is 2.30. The predicted octanol–water partition coefficient (Wildman–Crippen LogP) is -0.951. The van der Waals surface area contributed by atoms with Gasteiger partial charge in [0.05, 0.1) is 19.0 Å². The summed E-state index contributed by atoms with van der Waals surface area (Å²) in [6, 6.07) is 0. The fourth-order valence-corrected chi connectivity index (χ4v) is 2.13. The summed E-state index contributed by atoms with van der Waals surface area (Å²) < 4.78 is 7.22. The Bertz CT molecular complexity index is 572. The minimum Gasteiger partial charge on any atom is -0.394 e. The lowest BCUT2D eigenvalue weighted by Crippen LogP contribution is -2.24. The van der Waals surface area contributed by atoms with E-state index in [0.717, 1.165) is 0 Å². The van der Waals surface area contributed by atoms with Gasteiger partial charge in [0.15, 0.2) is 11.5 Å². The van der Waals surface area contributed by atoms with Gasteiger partial charge in [-0.3, -0.25) is 4.57 Å². The van der Waals surface area contributed by atoms with Crippen LogP contribution < -0.4 is 5.73 Å². The molecule has 2 aromatic rings. The Morgan fingerprint density at radius 2 is 2.39 bits per heavy atom. The monoisotopic (exact) mass is 253 g/mol. The number of aliphatic hydroxyl groups is 2. The molecular weight excluding hydrogens is 240 g/mol. The van der Waals surface area contributed by atoms with Crippen LogP contribution in [0.5, 0.6) is 0 Å². The van der Waals surface area contributed by atoms with Gasteiger partial charge >= 0.3 is 0 Å². The van der Waals surface area contributed by atoms with E-state index >= 15 is 0 Å². The first kappa shape index (κ1) is 11.3. The van der Waals surface area contributed by atoms with Gasteiger partial charge in [-0.25, -0.2) is 15.0 Å². The van der Waals surface area contributed by atoms with Crippen LogP contribution in [0.25, 0.3) is 11.2 Å². The molecule has 0 radical (unpaired) electrons. The lowest BCUT2D eigenvalue weighted by Gasteiger charge is -2.13.